The lowest BCUT2D eigenvalue weighted by atomic mass is 10.1. The molecule has 2 nitrogen and oxygen atoms in total. The number of carbonyl (C=O) groups excluding carboxylic acids is 1. The maximum absolute atomic E-state index is 11.7. The second kappa shape index (κ2) is 6.71. The Kier molecular flexibility index (Phi) is 4.72. The smallest absolute Gasteiger partial charge is 0.338 e. The first-order chi connectivity index (χ1) is 9.65. The summed E-state index contributed by atoms with van der Waals surface area (Å²) in [6, 6.07) is 17.5. The van der Waals surface area contributed by atoms with E-state index in [1.54, 1.807) is 12.1 Å². The average Bonchev–Trinajstić information content (AvgIpc) is 2.46. The van der Waals surface area contributed by atoms with Crippen LogP contribution in [0.25, 0.3) is 12.2 Å². The zero-order valence-corrected chi connectivity index (χ0v) is 11.7. The summed E-state index contributed by atoms with van der Waals surface area (Å²) >= 11 is 0. The molecular formula is C18H18O2. The van der Waals surface area contributed by atoms with Crippen LogP contribution in [0.15, 0.2) is 54.6 Å². The highest BCUT2D eigenvalue weighted by Crippen LogP contribution is 2.11. The van der Waals surface area contributed by atoms with Crippen molar-refractivity contribution < 1.29 is 9.53 Å². The fourth-order valence-electron chi connectivity index (χ4n) is 1.77. The molecule has 0 radical (unpaired) electrons. The third kappa shape index (κ3) is 4.09. The van der Waals surface area contributed by atoms with E-state index in [0.717, 1.165) is 11.1 Å². The van der Waals surface area contributed by atoms with Crippen LogP contribution in [0.3, 0.4) is 0 Å². The lowest BCUT2D eigenvalue weighted by Gasteiger charge is -2.07. The maximum atomic E-state index is 11.7. The van der Waals surface area contributed by atoms with Gasteiger partial charge >= 0.3 is 5.97 Å². The molecule has 0 aliphatic carbocycles. The molecule has 0 saturated heterocycles. The lowest BCUT2D eigenvalue weighted by Crippen LogP contribution is -2.11. The molecule has 0 fully saturated rings. The van der Waals surface area contributed by atoms with Crippen molar-refractivity contribution in [3.05, 3.63) is 71.3 Å². The summed E-state index contributed by atoms with van der Waals surface area (Å²) in [6.45, 7) is 3.68. The van der Waals surface area contributed by atoms with Gasteiger partial charge in [-0.25, -0.2) is 4.79 Å². The molecule has 102 valence electrons. The minimum Gasteiger partial charge on any atom is -0.459 e. The average molecular weight is 266 g/mol. The highest BCUT2D eigenvalue weighted by molar-refractivity contribution is 5.89. The Morgan fingerprint density at radius 2 is 1.45 bits per heavy atom. The molecule has 2 rings (SSSR count). The monoisotopic (exact) mass is 266 g/mol. The Morgan fingerprint density at radius 3 is 2.00 bits per heavy atom. The Hall–Kier alpha value is -2.35. The van der Waals surface area contributed by atoms with Gasteiger partial charge in [-0.2, -0.15) is 0 Å². The van der Waals surface area contributed by atoms with Gasteiger partial charge in [0.05, 0.1) is 11.7 Å². The van der Waals surface area contributed by atoms with Gasteiger partial charge in [0, 0.05) is 0 Å². The maximum Gasteiger partial charge on any atom is 0.338 e. The third-order valence-electron chi connectivity index (χ3n) is 2.76. The molecule has 20 heavy (non-hydrogen) atoms. The Balaban J connectivity index is 2.05. The van der Waals surface area contributed by atoms with E-state index in [2.05, 4.69) is 0 Å². The highest BCUT2D eigenvalue weighted by atomic mass is 16.5. The van der Waals surface area contributed by atoms with E-state index in [1.165, 1.54) is 0 Å². The number of rotatable bonds is 4. The molecule has 0 amide bonds. The molecule has 0 bridgehead atoms. The zero-order chi connectivity index (χ0) is 14.4. The van der Waals surface area contributed by atoms with E-state index in [9.17, 15) is 4.79 Å². The molecule has 0 aliphatic rings. The molecule has 0 N–H and O–H groups in total. The quantitative estimate of drug-likeness (QED) is 0.604. The number of hydrogen-bond acceptors (Lipinski definition) is 2. The van der Waals surface area contributed by atoms with Crippen LogP contribution < -0.4 is 0 Å². The second-order valence-electron chi connectivity index (χ2n) is 4.82. The predicted octanol–water partition coefficient (Wildman–Crippen LogP) is 4.42. The predicted molar refractivity (Wildman–Crippen MR) is 82.4 cm³/mol. The Morgan fingerprint density at radius 1 is 0.900 bits per heavy atom. The van der Waals surface area contributed by atoms with E-state index in [-0.39, 0.29) is 12.1 Å². The number of benzene rings is 2. The first-order valence-corrected chi connectivity index (χ1v) is 6.69. The van der Waals surface area contributed by atoms with Gasteiger partial charge in [-0.3, -0.25) is 0 Å². The zero-order valence-electron chi connectivity index (χ0n) is 11.7. The van der Waals surface area contributed by atoms with Crippen molar-refractivity contribution >= 4 is 18.1 Å². The highest BCUT2D eigenvalue weighted by Gasteiger charge is 2.07. The van der Waals surface area contributed by atoms with Gasteiger partial charge in [0.15, 0.2) is 0 Å². The summed E-state index contributed by atoms with van der Waals surface area (Å²) in [5.41, 5.74) is 2.78. The summed E-state index contributed by atoms with van der Waals surface area (Å²) in [5.74, 6) is -0.279. The molecule has 0 aromatic heterocycles. The molecule has 2 aromatic rings. The molecule has 2 aromatic carbocycles. The minimum atomic E-state index is -0.279. The van der Waals surface area contributed by atoms with E-state index < -0.39 is 0 Å². The van der Waals surface area contributed by atoms with Crippen molar-refractivity contribution in [2.45, 2.75) is 20.0 Å². The first-order valence-electron chi connectivity index (χ1n) is 6.69. The minimum absolute atomic E-state index is 0.0971. The van der Waals surface area contributed by atoms with E-state index in [1.807, 2.05) is 68.5 Å². The van der Waals surface area contributed by atoms with Crippen molar-refractivity contribution in [3.63, 3.8) is 0 Å². The number of esters is 1. The van der Waals surface area contributed by atoms with E-state index >= 15 is 0 Å². The van der Waals surface area contributed by atoms with Gasteiger partial charge in [0.2, 0.25) is 0 Å². The molecule has 0 atom stereocenters. The van der Waals surface area contributed by atoms with Crippen LogP contribution in [-0.2, 0) is 4.74 Å². The van der Waals surface area contributed by atoms with Gasteiger partial charge in [0.1, 0.15) is 0 Å². The van der Waals surface area contributed by atoms with Gasteiger partial charge < -0.3 is 4.74 Å². The van der Waals surface area contributed by atoms with Crippen molar-refractivity contribution in [1.29, 1.82) is 0 Å². The van der Waals surface area contributed by atoms with Crippen LogP contribution >= 0.6 is 0 Å². The summed E-state index contributed by atoms with van der Waals surface area (Å²) < 4.78 is 5.15. The molecule has 2 heteroatoms. The molecule has 0 aliphatic heterocycles. The standard InChI is InChI=1S/C18H18O2/c1-14(2)20-18(19)17-12-10-16(11-13-17)9-8-15-6-4-3-5-7-15/h3-14H,1-2H3/b9-8+. The van der Waals surface area contributed by atoms with Crippen LogP contribution in [0.1, 0.15) is 35.3 Å². The largest absolute Gasteiger partial charge is 0.459 e. The number of carbonyl (C=O) groups is 1. The van der Waals surface area contributed by atoms with Crippen molar-refractivity contribution in [3.8, 4) is 0 Å². The number of ether oxygens (including phenoxy) is 1. The van der Waals surface area contributed by atoms with Gasteiger partial charge in [-0.15, -0.1) is 0 Å². The van der Waals surface area contributed by atoms with Crippen molar-refractivity contribution in [1.82, 2.24) is 0 Å². The van der Waals surface area contributed by atoms with Gasteiger partial charge in [0.25, 0.3) is 0 Å². The van der Waals surface area contributed by atoms with Crippen molar-refractivity contribution in [2.75, 3.05) is 0 Å². The summed E-state index contributed by atoms with van der Waals surface area (Å²) in [4.78, 5) is 11.7. The van der Waals surface area contributed by atoms with Gasteiger partial charge in [-0.1, -0.05) is 54.6 Å². The van der Waals surface area contributed by atoms with Gasteiger partial charge in [-0.05, 0) is 37.1 Å². The molecule has 0 saturated carbocycles. The van der Waals surface area contributed by atoms with Crippen molar-refractivity contribution in [2.24, 2.45) is 0 Å². The van der Waals surface area contributed by atoms with Crippen LogP contribution in [0, 0.1) is 0 Å². The SMILES string of the molecule is CC(C)OC(=O)c1ccc(/C=C/c2ccccc2)cc1. The Bertz CT molecular complexity index is 581. The summed E-state index contributed by atoms with van der Waals surface area (Å²) in [7, 11) is 0. The molecular weight excluding hydrogens is 248 g/mol. The molecule has 0 spiro atoms. The lowest BCUT2D eigenvalue weighted by molar-refractivity contribution is 0.0378. The fourth-order valence-corrected chi connectivity index (χ4v) is 1.77. The topological polar surface area (TPSA) is 26.3 Å². The second-order valence-corrected chi connectivity index (χ2v) is 4.82. The Labute approximate surface area is 119 Å². The third-order valence-corrected chi connectivity index (χ3v) is 2.76. The summed E-state index contributed by atoms with van der Waals surface area (Å²) in [6.07, 6.45) is 3.97. The van der Waals surface area contributed by atoms with E-state index in [4.69, 9.17) is 4.74 Å². The van der Waals surface area contributed by atoms with Crippen LogP contribution in [-0.4, -0.2) is 12.1 Å². The first kappa shape index (κ1) is 14.1. The molecule has 0 unspecified atom stereocenters. The van der Waals surface area contributed by atoms with Crippen LogP contribution in [0.5, 0.6) is 0 Å². The summed E-state index contributed by atoms with van der Waals surface area (Å²) in [5, 5.41) is 0. The fraction of sp³-hybridized carbons (Fsp3) is 0.167. The van der Waals surface area contributed by atoms with Crippen LogP contribution in [0.4, 0.5) is 0 Å². The number of hydrogen-bond donors (Lipinski definition) is 0. The van der Waals surface area contributed by atoms with E-state index in [0.29, 0.717) is 5.56 Å². The normalized spacial score (nSPS) is 10.9. The van der Waals surface area contributed by atoms with Crippen LogP contribution in [0.2, 0.25) is 0 Å². The molecule has 0 heterocycles.